The molecule has 0 saturated heterocycles. The number of hydrogen-bond donors (Lipinski definition) is 2. The van der Waals surface area contributed by atoms with Gasteiger partial charge in [0.15, 0.2) is 0 Å². The molecule has 2 aromatic rings. The second kappa shape index (κ2) is 8.13. The first-order valence-electron chi connectivity index (χ1n) is 9.29. The van der Waals surface area contributed by atoms with Crippen LogP contribution in [0.15, 0.2) is 48.5 Å². The topological polar surface area (TPSA) is 35.5 Å². The Kier molecular flexibility index (Phi) is 5.89. The molecule has 0 unspecified atom stereocenters. The van der Waals surface area contributed by atoms with Gasteiger partial charge in [-0.1, -0.05) is 55.3 Å². The summed E-state index contributed by atoms with van der Waals surface area (Å²) < 4.78 is 0. The molecule has 1 aliphatic rings. The summed E-state index contributed by atoms with van der Waals surface area (Å²) in [6.45, 7) is 2.02. The predicted molar refractivity (Wildman–Crippen MR) is 104 cm³/mol. The number of aliphatic hydroxyl groups excluding tert-OH is 1. The van der Waals surface area contributed by atoms with Crippen LogP contribution < -0.4 is 5.32 Å². The molecule has 0 aromatic heterocycles. The van der Waals surface area contributed by atoms with Crippen molar-refractivity contribution in [3.63, 3.8) is 0 Å². The van der Waals surface area contributed by atoms with Gasteiger partial charge < -0.3 is 15.3 Å². The van der Waals surface area contributed by atoms with Gasteiger partial charge in [0.05, 0.1) is 6.61 Å². The van der Waals surface area contributed by atoms with Gasteiger partial charge in [0.1, 0.15) is 0 Å². The average molecular weight is 338 g/mol. The van der Waals surface area contributed by atoms with E-state index in [0.29, 0.717) is 0 Å². The Balaban J connectivity index is 1.66. The van der Waals surface area contributed by atoms with E-state index in [-0.39, 0.29) is 12.1 Å². The van der Waals surface area contributed by atoms with Gasteiger partial charge >= 0.3 is 0 Å². The smallest absolute Gasteiger partial charge is 0.0613 e. The Labute approximate surface area is 151 Å². The van der Waals surface area contributed by atoms with E-state index in [1.165, 1.54) is 35.1 Å². The molecule has 25 heavy (non-hydrogen) atoms. The van der Waals surface area contributed by atoms with Crippen molar-refractivity contribution in [1.29, 1.82) is 0 Å². The largest absolute Gasteiger partial charge is 0.394 e. The maximum atomic E-state index is 9.71. The standard InChI is InChI=1S/C22H30N2O/c1-24(2)16-19-6-5-7-21(14-19)20-10-8-18(9-11-20)15-23-22(17-25)12-3-4-13-22/h5-11,14,23,25H,3-4,12-13,15-17H2,1-2H3. The van der Waals surface area contributed by atoms with E-state index in [1.54, 1.807) is 0 Å². The number of hydrogen-bond acceptors (Lipinski definition) is 3. The summed E-state index contributed by atoms with van der Waals surface area (Å²) in [7, 11) is 4.19. The van der Waals surface area contributed by atoms with Gasteiger partial charge in [-0.3, -0.25) is 0 Å². The quantitative estimate of drug-likeness (QED) is 0.806. The Bertz CT molecular complexity index is 673. The molecule has 3 nitrogen and oxygen atoms in total. The summed E-state index contributed by atoms with van der Waals surface area (Å²) in [6.07, 6.45) is 4.60. The van der Waals surface area contributed by atoms with Crippen LogP contribution in [0.2, 0.25) is 0 Å². The van der Waals surface area contributed by atoms with E-state index in [9.17, 15) is 5.11 Å². The lowest BCUT2D eigenvalue weighted by Gasteiger charge is -2.28. The summed E-state index contributed by atoms with van der Waals surface area (Å²) >= 11 is 0. The summed E-state index contributed by atoms with van der Waals surface area (Å²) in [5, 5.41) is 13.3. The van der Waals surface area contributed by atoms with Gasteiger partial charge in [-0.25, -0.2) is 0 Å². The van der Waals surface area contributed by atoms with E-state index in [4.69, 9.17) is 0 Å². The first kappa shape index (κ1) is 18.1. The Morgan fingerprint density at radius 1 is 0.960 bits per heavy atom. The van der Waals surface area contributed by atoms with Crippen LogP contribution in [0.5, 0.6) is 0 Å². The third-order valence-electron chi connectivity index (χ3n) is 5.24. The van der Waals surface area contributed by atoms with Crippen LogP contribution in [-0.2, 0) is 13.1 Å². The molecule has 2 aromatic carbocycles. The van der Waals surface area contributed by atoms with E-state index in [0.717, 1.165) is 25.9 Å². The molecule has 0 radical (unpaired) electrons. The van der Waals surface area contributed by atoms with E-state index >= 15 is 0 Å². The Morgan fingerprint density at radius 2 is 1.68 bits per heavy atom. The van der Waals surface area contributed by atoms with Crippen LogP contribution in [0.3, 0.4) is 0 Å². The fourth-order valence-electron chi connectivity index (χ4n) is 3.76. The summed E-state index contributed by atoms with van der Waals surface area (Å²) in [5.41, 5.74) is 5.06. The minimum Gasteiger partial charge on any atom is -0.394 e. The zero-order valence-electron chi connectivity index (χ0n) is 15.5. The highest BCUT2D eigenvalue weighted by Crippen LogP contribution is 2.29. The fraction of sp³-hybridized carbons (Fsp3) is 0.455. The van der Waals surface area contributed by atoms with Gasteiger partial charge in [0, 0.05) is 18.6 Å². The lowest BCUT2D eigenvalue weighted by atomic mass is 9.98. The third kappa shape index (κ3) is 4.69. The van der Waals surface area contributed by atoms with Crippen molar-refractivity contribution in [3.8, 4) is 11.1 Å². The molecule has 2 N–H and O–H groups in total. The summed E-state index contributed by atoms with van der Waals surface area (Å²) in [4.78, 5) is 2.19. The van der Waals surface area contributed by atoms with Crippen LogP contribution in [0, 0.1) is 0 Å². The van der Waals surface area contributed by atoms with Gasteiger partial charge in [0.2, 0.25) is 0 Å². The summed E-state index contributed by atoms with van der Waals surface area (Å²) in [6, 6.07) is 17.5. The lowest BCUT2D eigenvalue weighted by molar-refractivity contribution is 0.163. The van der Waals surface area contributed by atoms with Crippen LogP contribution in [0.4, 0.5) is 0 Å². The van der Waals surface area contributed by atoms with Crippen molar-refractivity contribution in [1.82, 2.24) is 10.2 Å². The highest BCUT2D eigenvalue weighted by molar-refractivity contribution is 5.64. The second-order valence-electron chi connectivity index (χ2n) is 7.63. The molecule has 0 spiro atoms. The van der Waals surface area contributed by atoms with E-state index < -0.39 is 0 Å². The SMILES string of the molecule is CN(C)Cc1cccc(-c2ccc(CNC3(CO)CCCC3)cc2)c1. The van der Waals surface area contributed by atoms with Crippen LogP contribution in [-0.4, -0.2) is 36.2 Å². The molecule has 1 fully saturated rings. The minimum atomic E-state index is -0.0564. The van der Waals surface area contributed by atoms with Crippen molar-refractivity contribution >= 4 is 0 Å². The molecule has 0 bridgehead atoms. The van der Waals surface area contributed by atoms with Crippen molar-refractivity contribution in [2.75, 3.05) is 20.7 Å². The molecule has 0 atom stereocenters. The predicted octanol–water partition coefficient (Wildman–Crippen LogP) is 3.81. The van der Waals surface area contributed by atoms with E-state index in [1.807, 2.05) is 0 Å². The second-order valence-corrected chi connectivity index (χ2v) is 7.63. The van der Waals surface area contributed by atoms with Gasteiger partial charge in [0.25, 0.3) is 0 Å². The molecule has 1 saturated carbocycles. The van der Waals surface area contributed by atoms with Crippen molar-refractivity contribution in [2.24, 2.45) is 0 Å². The molecule has 3 heteroatoms. The van der Waals surface area contributed by atoms with Crippen LogP contribution >= 0.6 is 0 Å². The molecular weight excluding hydrogens is 308 g/mol. The van der Waals surface area contributed by atoms with Crippen molar-refractivity contribution in [2.45, 2.75) is 44.3 Å². The maximum Gasteiger partial charge on any atom is 0.0613 e. The molecule has 1 aliphatic carbocycles. The number of nitrogens with one attached hydrogen (secondary N) is 1. The molecule has 0 aliphatic heterocycles. The number of rotatable bonds is 7. The number of benzene rings is 2. The Morgan fingerprint density at radius 3 is 2.32 bits per heavy atom. The van der Waals surface area contributed by atoms with Gasteiger partial charge in [-0.15, -0.1) is 0 Å². The molecule has 0 heterocycles. The third-order valence-corrected chi connectivity index (χ3v) is 5.24. The molecule has 0 amide bonds. The number of aliphatic hydroxyl groups is 1. The highest BCUT2D eigenvalue weighted by Gasteiger charge is 2.32. The monoisotopic (exact) mass is 338 g/mol. The average Bonchev–Trinajstić information content (AvgIpc) is 3.10. The van der Waals surface area contributed by atoms with Crippen molar-refractivity contribution in [3.05, 3.63) is 59.7 Å². The zero-order valence-corrected chi connectivity index (χ0v) is 15.5. The molecular formula is C22H30N2O. The lowest BCUT2D eigenvalue weighted by Crippen LogP contribution is -2.45. The minimum absolute atomic E-state index is 0.0564. The van der Waals surface area contributed by atoms with Gasteiger partial charge in [-0.05, 0) is 55.3 Å². The van der Waals surface area contributed by atoms with Crippen molar-refractivity contribution < 1.29 is 5.11 Å². The highest BCUT2D eigenvalue weighted by atomic mass is 16.3. The fourth-order valence-corrected chi connectivity index (χ4v) is 3.76. The van der Waals surface area contributed by atoms with Crippen LogP contribution in [0.1, 0.15) is 36.8 Å². The van der Waals surface area contributed by atoms with Gasteiger partial charge in [-0.2, -0.15) is 0 Å². The van der Waals surface area contributed by atoms with Crippen LogP contribution in [0.25, 0.3) is 11.1 Å². The molecule has 134 valence electrons. The normalized spacial score (nSPS) is 16.5. The zero-order chi connectivity index (χ0) is 17.7. The number of nitrogens with zero attached hydrogens (tertiary/aromatic N) is 1. The summed E-state index contributed by atoms with van der Waals surface area (Å²) in [5.74, 6) is 0. The molecule has 3 rings (SSSR count). The first-order chi connectivity index (χ1) is 12.1. The Hall–Kier alpha value is -1.68. The first-order valence-corrected chi connectivity index (χ1v) is 9.29. The van der Waals surface area contributed by atoms with E-state index in [2.05, 4.69) is 72.8 Å². The maximum absolute atomic E-state index is 9.71.